The quantitative estimate of drug-likeness (QED) is 0.638. The van der Waals surface area contributed by atoms with Gasteiger partial charge in [0.25, 0.3) is 11.8 Å². The van der Waals surface area contributed by atoms with Crippen molar-refractivity contribution in [2.24, 2.45) is 5.10 Å². The van der Waals surface area contributed by atoms with Gasteiger partial charge in [-0.3, -0.25) is 9.59 Å². The maximum atomic E-state index is 13.6. The van der Waals surface area contributed by atoms with E-state index in [0.29, 0.717) is 11.5 Å². The molecule has 0 aliphatic rings. The molecule has 0 aliphatic heterocycles. The predicted octanol–water partition coefficient (Wildman–Crippen LogP) is 2.45. The maximum absolute atomic E-state index is 13.6. The van der Waals surface area contributed by atoms with Crippen molar-refractivity contribution >= 4 is 17.5 Å². The van der Waals surface area contributed by atoms with E-state index in [4.69, 9.17) is 4.74 Å². The van der Waals surface area contributed by atoms with Gasteiger partial charge in [0.2, 0.25) is 0 Å². The lowest BCUT2D eigenvalue weighted by molar-refractivity contribution is -0.130. The molecule has 1 N–H and O–H groups in total. The number of benzene rings is 2. The van der Waals surface area contributed by atoms with Crippen molar-refractivity contribution in [1.82, 2.24) is 10.3 Å². The highest BCUT2D eigenvalue weighted by Crippen LogP contribution is 2.13. The van der Waals surface area contributed by atoms with Crippen molar-refractivity contribution in [3.8, 4) is 5.75 Å². The SMILES string of the molecule is C/C(=N/NC(=O)c1ccccc1F)c1ccc(OCC(=O)N(C)C)cc1. The number of carbonyl (C=O) groups excluding carboxylic acids is 2. The van der Waals surface area contributed by atoms with Gasteiger partial charge in [-0.1, -0.05) is 12.1 Å². The summed E-state index contributed by atoms with van der Waals surface area (Å²) < 4.78 is 19.0. The lowest BCUT2D eigenvalue weighted by Gasteiger charge is -2.11. The van der Waals surface area contributed by atoms with Crippen LogP contribution in [0.25, 0.3) is 0 Å². The molecule has 0 aromatic heterocycles. The van der Waals surface area contributed by atoms with E-state index in [1.54, 1.807) is 51.4 Å². The van der Waals surface area contributed by atoms with Gasteiger partial charge >= 0.3 is 0 Å². The van der Waals surface area contributed by atoms with Crippen molar-refractivity contribution < 1.29 is 18.7 Å². The Morgan fingerprint density at radius 2 is 1.77 bits per heavy atom. The molecule has 0 radical (unpaired) electrons. The van der Waals surface area contributed by atoms with Gasteiger partial charge in [0.05, 0.1) is 11.3 Å². The number of rotatable bonds is 6. The Bertz CT molecular complexity index is 817. The Kier molecular flexibility index (Phi) is 6.43. The van der Waals surface area contributed by atoms with Gasteiger partial charge in [0.15, 0.2) is 6.61 Å². The van der Waals surface area contributed by atoms with Crippen LogP contribution in [0.2, 0.25) is 0 Å². The summed E-state index contributed by atoms with van der Waals surface area (Å²) in [6.07, 6.45) is 0. The second kappa shape index (κ2) is 8.75. The fraction of sp³-hybridized carbons (Fsp3) is 0.211. The first-order valence-electron chi connectivity index (χ1n) is 7.91. The molecular formula is C19H20FN3O3. The number of hydrogen-bond donors (Lipinski definition) is 1. The molecule has 7 heteroatoms. The zero-order valence-electron chi connectivity index (χ0n) is 14.8. The number of hydrazone groups is 1. The van der Waals surface area contributed by atoms with E-state index in [1.165, 1.54) is 23.1 Å². The minimum atomic E-state index is -0.621. The van der Waals surface area contributed by atoms with E-state index < -0.39 is 11.7 Å². The second-order valence-corrected chi connectivity index (χ2v) is 5.72. The summed E-state index contributed by atoms with van der Waals surface area (Å²) in [6, 6.07) is 12.6. The molecule has 136 valence electrons. The number of nitrogens with one attached hydrogen (secondary N) is 1. The molecule has 0 atom stereocenters. The van der Waals surface area contributed by atoms with Crippen LogP contribution in [-0.4, -0.2) is 43.1 Å². The third-order valence-corrected chi connectivity index (χ3v) is 3.58. The monoisotopic (exact) mass is 357 g/mol. The van der Waals surface area contributed by atoms with E-state index in [1.807, 2.05) is 0 Å². The zero-order valence-corrected chi connectivity index (χ0v) is 14.8. The number of hydrogen-bond acceptors (Lipinski definition) is 4. The number of likely N-dealkylation sites (N-methyl/N-ethyl adjacent to an activating group) is 1. The lowest BCUT2D eigenvalue weighted by Crippen LogP contribution is -2.27. The normalized spacial score (nSPS) is 11.0. The third-order valence-electron chi connectivity index (χ3n) is 3.58. The minimum Gasteiger partial charge on any atom is -0.484 e. The summed E-state index contributed by atoms with van der Waals surface area (Å²) in [5.74, 6) is -0.814. The Morgan fingerprint density at radius 1 is 1.12 bits per heavy atom. The topological polar surface area (TPSA) is 71.0 Å². The highest BCUT2D eigenvalue weighted by Gasteiger charge is 2.10. The van der Waals surface area contributed by atoms with Crippen LogP contribution in [0, 0.1) is 5.82 Å². The number of carbonyl (C=O) groups is 2. The van der Waals surface area contributed by atoms with Crippen molar-refractivity contribution in [2.45, 2.75) is 6.92 Å². The molecule has 2 rings (SSSR count). The van der Waals surface area contributed by atoms with Gasteiger partial charge < -0.3 is 9.64 Å². The summed E-state index contributed by atoms with van der Waals surface area (Å²) in [5, 5.41) is 3.99. The largest absolute Gasteiger partial charge is 0.484 e. The van der Waals surface area contributed by atoms with Crippen LogP contribution in [0.3, 0.4) is 0 Å². The van der Waals surface area contributed by atoms with Crippen molar-refractivity contribution in [3.63, 3.8) is 0 Å². The van der Waals surface area contributed by atoms with Gasteiger partial charge in [-0.2, -0.15) is 5.10 Å². The van der Waals surface area contributed by atoms with Crippen molar-refractivity contribution in [1.29, 1.82) is 0 Å². The van der Waals surface area contributed by atoms with Crippen LogP contribution in [0.15, 0.2) is 53.6 Å². The fourth-order valence-corrected chi connectivity index (χ4v) is 1.97. The maximum Gasteiger partial charge on any atom is 0.274 e. The summed E-state index contributed by atoms with van der Waals surface area (Å²) in [4.78, 5) is 24.9. The average Bonchev–Trinajstić information content (AvgIpc) is 2.64. The summed E-state index contributed by atoms with van der Waals surface area (Å²) in [5.41, 5.74) is 3.56. The Labute approximate surface area is 151 Å². The number of ether oxygens (including phenoxy) is 1. The molecule has 0 spiro atoms. The van der Waals surface area contributed by atoms with Gasteiger partial charge in [-0.05, 0) is 48.9 Å². The van der Waals surface area contributed by atoms with Crippen LogP contribution in [0.5, 0.6) is 5.75 Å². The first-order valence-corrected chi connectivity index (χ1v) is 7.91. The van der Waals surface area contributed by atoms with E-state index in [-0.39, 0.29) is 18.1 Å². The Hall–Kier alpha value is -3.22. The molecule has 0 aliphatic carbocycles. The minimum absolute atomic E-state index is 0.0435. The molecule has 2 amide bonds. The van der Waals surface area contributed by atoms with E-state index >= 15 is 0 Å². The highest BCUT2D eigenvalue weighted by molar-refractivity contribution is 6.01. The molecule has 26 heavy (non-hydrogen) atoms. The molecule has 0 unspecified atom stereocenters. The number of halogens is 1. The molecule has 0 fully saturated rings. The Morgan fingerprint density at radius 3 is 2.38 bits per heavy atom. The van der Waals surface area contributed by atoms with Gasteiger partial charge in [0.1, 0.15) is 11.6 Å². The molecule has 0 saturated heterocycles. The number of amides is 2. The standard InChI is InChI=1S/C19H20FN3O3/c1-13(21-22-19(25)16-6-4-5-7-17(16)20)14-8-10-15(11-9-14)26-12-18(24)23(2)3/h4-11H,12H2,1-3H3,(H,22,25)/b21-13-. The summed E-state index contributed by atoms with van der Waals surface area (Å²) in [6.45, 7) is 1.67. The summed E-state index contributed by atoms with van der Waals surface area (Å²) >= 11 is 0. The molecule has 2 aromatic carbocycles. The molecule has 0 heterocycles. The van der Waals surface area contributed by atoms with Crippen molar-refractivity contribution in [3.05, 3.63) is 65.5 Å². The Balaban J connectivity index is 1.97. The summed E-state index contributed by atoms with van der Waals surface area (Å²) in [7, 11) is 3.31. The first-order chi connectivity index (χ1) is 12.4. The van der Waals surface area contributed by atoms with Crippen LogP contribution < -0.4 is 10.2 Å². The van der Waals surface area contributed by atoms with Gasteiger partial charge in [-0.15, -0.1) is 0 Å². The van der Waals surface area contributed by atoms with Crippen LogP contribution in [0.1, 0.15) is 22.8 Å². The van der Waals surface area contributed by atoms with Gasteiger partial charge in [-0.25, -0.2) is 9.82 Å². The molecule has 0 saturated carbocycles. The highest BCUT2D eigenvalue weighted by atomic mass is 19.1. The fourth-order valence-electron chi connectivity index (χ4n) is 1.97. The smallest absolute Gasteiger partial charge is 0.274 e. The first kappa shape index (κ1) is 19.1. The van der Waals surface area contributed by atoms with E-state index in [2.05, 4.69) is 10.5 Å². The third kappa shape index (κ3) is 5.14. The van der Waals surface area contributed by atoms with Crippen LogP contribution in [-0.2, 0) is 4.79 Å². The molecule has 2 aromatic rings. The molecular weight excluding hydrogens is 337 g/mol. The van der Waals surface area contributed by atoms with Crippen molar-refractivity contribution in [2.75, 3.05) is 20.7 Å². The molecule has 0 bridgehead atoms. The van der Waals surface area contributed by atoms with Gasteiger partial charge in [0, 0.05) is 14.1 Å². The lowest BCUT2D eigenvalue weighted by atomic mass is 10.1. The average molecular weight is 357 g/mol. The van der Waals surface area contributed by atoms with Crippen LogP contribution in [0.4, 0.5) is 4.39 Å². The number of nitrogens with zero attached hydrogens (tertiary/aromatic N) is 2. The zero-order chi connectivity index (χ0) is 19.1. The predicted molar refractivity (Wildman–Crippen MR) is 96.7 cm³/mol. The van der Waals surface area contributed by atoms with E-state index in [0.717, 1.165) is 5.56 Å². The molecule has 6 nitrogen and oxygen atoms in total. The second-order valence-electron chi connectivity index (χ2n) is 5.72. The van der Waals surface area contributed by atoms with Crippen LogP contribution >= 0.6 is 0 Å². The van der Waals surface area contributed by atoms with E-state index in [9.17, 15) is 14.0 Å².